The zero-order valence-corrected chi connectivity index (χ0v) is 14.2. The molecule has 0 N–H and O–H groups in total. The first-order valence-electron chi connectivity index (χ1n) is 7.83. The van der Waals surface area contributed by atoms with Crippen LogP contribution in [-0.4, -0.2) is 22.7 Å². The largest absolute Gasteiger partial charge is 0.469 e. The minimum atomic E-state index is -4.99. The van der Waals surface area contributed by atoms with Crippen LogP contribution in [0.1, 0.15) is 16.7 Å². The summed E-state index contributed by atoms with van der Waals surface area (Å²) in [6.07, 6.45) is -7.67. The molecule has 0 saturated carbocycles. The number of methoxy groups -OCH3 is 1. The van der Waals surface area contributed by atoms with Gasteiger partial charge in [0.05, 0.1) is 36.4 Å². The van der Waals surface area contributed by atoms with Crippen LogP contribution in [0.5, 0.6) is 0 Å². The SMILES string of the molecule is COC(=O)Cc1cnn2ccc(-c3c(C(F)(F)F)cccc3C(F)(F)F)cc12. The van der Waals surface area contributed by atoms with Crippen LogP contribution in [0.25, 0.3) is 16.6 Å². The molecule has 0 aliphatic heterocycles. The molecule has 0 unspecified atom stereocenters. The Kier molecular flexibility index (Phi) is 4.82. The highest BCUT2D eigenvalue weighted by molar-refractivity contribution is 5.80. The van der Waals surface area contributed by atoms with Crippen molar-refractivity contribution in [2.45, 2.75) is 18.8 Å². The molecule has 2 aromatic heterocycles. The lowest BCUT2D eigenvalue weighted by Crippen LogP contribution is -2.14. The number of alkyl halides is 6. The molecule has 0 amide bonds. The Bertz CT molecular complexity index is 1000. The Hall–Kier alpha value is -3.04. The molecule has 4 nitrogen and oxygen atoms in total. The summed E-state index contributed by atoms with van der Waals surface area (Å²) in [5.74, 6) is -0.619. The summed E-state index contributed by atoms with van der Waals surface area (Å²) in [4.78, 5) is 11.5. The third kappa shape index (κ3) is 3.67. The molecule has 2 heterocycles. The Morgan fingerprint density at radius 1 is 1.07 bits per heavy atom. The number of pyridine rings is 1. The van der Waals surface area contributed by atoms with Crippen molar-refractivity contribution in [2.75, 3.05) is 7.11 Å². The van der Waals surface area contributed by atoms with Crippen LogP contribution in [0, 0.1) is 0 Å². The fraction of sp³-hybridized carbons (Fsp3) is 0.222. The Labute approximate surface area is 154 Å². The van der Waals surface area contributed by atoms with Crippen molar-refractivity contribution < 1.29 is 35.9 Å². The molecule has 0 bridgehead atoms. The third-order valence-corrected chi connectivity index (χ3v) is 4.13. The van der Waals surface area contributed by atoms with Gasteiger partial charge in [0.25, 0.3) is 0 Å². The Balaban J connectivity index is 2.27. The molecule has 0 aliphatic rings. The average Bonchev–Trinajstić information content (AvgIpc) is 3.01. The number of carbonyl (C=O) groups excluding carboxylic acids is 1. The summed E-state index contributed by atoms with van der Waals surface area (Å²) in [6.45, 7) is 0. The number of ether oxygens (including phenoxy) is 1. The van der Waals surface area contributed by atoms with Crippen molar-refractivity contribution in [1.82, 2.24) is 9.61 Å². The van der Waals surface area contributed by atoms with Crippen molar-refractivity contribution in [3.8, 4) is 11.1 Å². The number of halogens is 6. The van der Waals surface area contributed by atoms with Crippen LogP contribution in [0.4, 0.5) is 26.3 Å². The normalized spacial score (nSPS) is 12.4. The van der Waals surface area contributed by atoms with Gasteiger partial charge in [0, 0.05) is 17.3 Å². The van der Waals surface area contributed by atoms with Gasteiger partial charge in [-0.15, -0.1) is 0 Å². The molecular formula is C18H12F6N2O2. The smallest absolute Gasteiger partial charge is 0.417 e. The second-order valence-electron chi connectivity index (χ2n) is 5.89. The van der Waals surface area contributed by atoms with E-state index in [9.17, 15) is 31.1 Å². The monoisotopic (exact) mass is 402 g/mol. The number of hydrogen-bond donors (Lipinski definition) is 0. The Morgan fingerprint density at radius 2 is 1.68 bits per heavy atom. The highest BCUT2D eigenvalue weighted by Crippen LogP contribution is 2.44. The van der Waals surface area contributed by atoms with E-state index < -0.39 is 35.0 Å². The standard InChI is InChI=1S/C18H12F6N2O2/c1-28-15(27)8-11-9-25-26-6-5-10(7-14(11)26)16-12(17(19,20)21)3-2-4-13(16)18(22,23)24/h2-7,9H,8H2,1H3. The van der Waals surface area contributed by atoms with Gasteiger partial charge in [-0.25, -0.2) is 4.52 Å². The van der Waals surface area contributed by atoms with E-state index in [4.69, 9.17) is 0 Å². The van der Waals surface area contributed by atoms with E-state index in [1.54, 1.807) is 0 Å². The number of fused-ring (bicyclic) bond motifs is 1. The van der Waals surface area contributed by atoms with Crippen molar-refractivity contribution in [1.29, 1.82) is 0 Å². The topological polar surface area (TPSA) is 43.6 Å². The first-order chi connectivity index (χ1) is 13.0. The van der Waals surface area contributed by atoms with Gasteiger partial charge in [0.15, 0.2) is 0 Å². The highest BCUT2D eigenvalue weighted by atomic mass is 19.4. The first-order valence-corrected chi connectivity index (χ1v) is 7.83. The predicted molar refractivity (Wildman–Crippen MR) is 86.4 cm³/mol. The molecule has 3 rings (SSSR count). The number of esters is 1. The number of hydrogen-bond acceptors (Lipinski definition) is 3. The fourth-order valence-electron chi connectivity index (χ4n) is 2.89. The maximum absolute atomic E-state index is 13.4. The van der Waals surface area contributed by atoms with Crippen molar-refractivity contribution in [3.63, 3.8) is 0 Å². The number of aromatic nitrogens is 2. The predicted octanol–water partition coefficient (Wildman–Crippen LogP) is 4.75. The maximum Gasteiger partial charge on any atom is 0.417 e. The van der Waals surface area contributed by atoms with Gasteiger partial charge in [-0.3, -0.25) is 4.79 Å². The molecule has 28 heavy (non-hydrogen) atoms. The molecule has 0 saturated heterocycles. The molecular weight excluding hydrogens is 390 g/mol. The van der Waals surface area contributed by atoms with E-state index in [2.05, 4.69) is 9.84 Å². The Morgan fingerprint density at radius 3 is 2.21 bits per heavy atom. The van der Waals surface area contributed by atoms with Gasteiger partial charge in [-0.05, 0) is 29.8 Å². The molecule has 0 spiro atoms. The molecule has 10 heteroatoms. The lowest BCUT2D eigenvalue weighted by molar-refractivity contribution is -0.142. The van der Waals surface area contributed by atoms with Gasteiger partial charge >= 0.3 is 18.3 Å². The first kappa shape index (κ1) is 19.7. The fourth-order valence-corrected chi connectivity index (χ4v) is 2.89. The van der Waals surface area contributed by atoms with Crippen LogP contribution in [0.2, 0.25) is 0 Å². The van der Waals surface area contributed by atoms with E-state index in [0.717, 1.165) is 25.3 Å². The van der Waals surface area contributed by atoms with E-state index in [0.29, 0.717) is 17.7 Å². The molecule has 0 radical (unpaired) electrons. The van der Waals surface area contributed by atoms with Gasteiger partial charge in [0.1, 0.15) is 0 Å². The number of benzene rings is 1. The minimum Gasteiger partial charge on any atom is -0.469 e. The quantitative estimate of drug-likeness (QED) is 0.469. The summed E-state index contributed by atoms with van der Waals surface area (Å²) in [7, 11) is 1.16. The van der Waals surface area contributed by atoms with Crippen molar-refractivity contribution >= 4 is 11.5 Å². The average molecular weight is 402 g/mol. The number of carbonyl (C=O) groups is 1. The van der Waals surface area contributed by atoms with Crippen LogP contribution in [0.15, 0.2) is 42.7 Å². The lowest BCUT2D eigenvalue weighted by atomic mass is 9.93. The summed E-state index contributed by atoms with van der Waals surface area (Å²) >= 11 is 0. The van der Waals surface area contributed by atoms with E-state index in [1.165, 1.54) is 16.9 Å². The minimum absolute atomic E-state index is 0.202. The second-order valence-corrected chi connectivity index (χ2v) is 5.89. The number of nitrogens with zero attached hydrogens (tertiary/aromatic N) is 2. The summed E-state index contributed by atoms with van der Waals surface area (Å²) < 4.78 is 86.2. The molecule has 1 aromatic carbocycles. The highest BCUT2D eigenvalue weighted by Gasteiger charge is 2.41. The lowest BCUT2D eigenvalue weighted by Gasteiger charge is -2.19. The van der Waals surface area contributed by atoms with Gasteiger partial charge in [-0.2, -0.15) is 31.4 Å². The van der Waals surface area contributed by atoms with Gasteiger partial charge in [-0.1, -0.05) is 6.07 Å². The summed E-state index contributed by atoms with van der Waals surface area (Å²) in [6, 6.07) is 4.17. The van der Waals surface area contributed by atoms with E-state index in [1.807, 2.05) is 0 Å². The molecule has 3 aromatic rings. The summed E-state index contributed by atoms with van der Waals surface area (Å²) in [5, 5.41) is 3.95. The van der Waals surface area contributed by atoms with Crippen molar-refractivity contribution in [3.05, 3.63) is 59.4 Å². The van der Waals surface area contributed by atoms with Gasteiger partial charge < -0.3 is 4.74 Å². The molecule has 0 fully saturated rings. The molecule has 0 atom stereocenters. The van der Waals surface area contributed by atoms with Gasteiger partial charge in [0.2, 0.25) is 0 Å². The summed E-state index contributed by atoms with van der Waals surface area (Å²) in [5.41, 5.74) is -3.56. The zero-order valence-electron chi connectivity index (χ0n) is 14.2. The van der Waals surface area contributed by atoms with Crippen molar-refractivity contribution in [2.24, 2.45) is 0 Å². The van der Waals surface area contributed by atoms with Crippen LogP contribution < -0.4 is 0 Å². The zero-order chi connectivity index (χ0) is 20.7. The third-order valence-electron chi connectivity index (χ3n) is 4.13. The molecule has 0 aliphatic carbocycles. The second kappa shape index (κ2) is 6.84. The van der Waals surface area contributed by atoms with Crippen LogP contribution in [-0.2, 0) is 28.3 Å². The molecule has 148 valence electrons. The number of rotatable bonds is 3. The van der Waals surface area contributed by atoms with Crippen LogP contribution in [0.3, 0.4) is 0 Å². The van der Waals surface area contributed by atoms with E-state index in [-0.39, 0.29) is 17.5 Å². The maximum atomic E-state index is 13.4. The van der Waals surface area contributed by atoms with Crippen LogP contribution >= 0.6 is 0 Å². The van der Waals surface area contributed by atoms with E-state index >= 15 is 0 Å².